The number of hydrogen-bond acceptors (Lipinski definition) is 4. The van der Waals surface area contributed by atoms with Gasteiger partial charge >= 0.3 is 0 Å². The van der Waals surface area contributed by atoms with Crippen LogP contribution in [0.2, 0.25) is 0 Å². The molecule has 1 aliphatic carbocycles. The second-order valence-electron chi connectivity index (χ2n) is 6.36. The molecular formula is C18H19N5O2. The van der Waals surface area contributed by atoms with Gasteiger partial charge in [-0.1, -0.05) is 18.2 Å². The van der Waals surface area contributed by atoms with E-state index in [0.29, 0.717) is 12.1 Å². The second-order valence-corrected chi connectivity index (χ2v) is 6.36. The summed E-state index contributed by atoms with van der Waals surface area (Å²) in [5.74, 6) is -0.216. The third kappa shape index (κ3) is 2.83. The minimum Gasteiger partial charge on any atom is -0.391 e. The molecule has 0 unspecified atom stereocenters. The monoisotopic (exact) mass is 337 g/mol. The maximum absolute atomic E-state index is 12.7. The van der Waals surface area contributed by atoms with E-state index in [9.17, 15) is 9.90 Å². The van der Waals surface area contributed by atoms with Crippen molar-refractivity contribution in [3.63, 3.8) is 0 Å². The molecule has 2 aromatic heterocycles. The van der Waals surface area contributed by atoms with E-state index in [4.69, 9.17) is 0 Å². The van der Waals surface area contributed by atoms with Crippen molar-refractivity contribution in [2.24, 2.45) is 0 Å². The first-order chi connectivity index (χ1) is 12.1. The summed E-state index contributed by atoms with van der Waals surface area (Å²) in [5.41, 5.74) is 2.35. The number of para-hydroxylation sites is 1. The predicted octanol–water partition coefficient (Wildman–Crippen LogP) is 1.48. The van der Waals surface area contributed by atoms with Crippen molar-refractivity contribution in [2.75, 3.05) is 0 Å². The summed E-state index contributed by atoms with van der Waals surface area (Å²) >= 11 is 0. The Bertz CT molecular complexity index is 886. The number of nitrogens with zero attached hydrogens (tertiary/aromatic N) is 4. The van der Waals surface area contributed by atoms with Crippen LogP contribution in [0, 0.1) is 6.92 Å². The van der Waals surface area contributed by atoms with Crippen LogP contribution in [-0.2, 0) is 0 Å². The van der Waals surface area contributed by atoms with Gasteiger partial charge in [0.2, 0.25) is 0 Å². The second kappa shape index (κ2) is 6.18. The van der Waals surface area contributed by atoms with Crippen LogP contribution in [-0.4, -0.2) is 42.5 Å². The Morgan fingerprint density at radius 2 is 2.08 bits per heavy atom. The summed E-state index contributed by atoms with van der Waals surface area (Å²) in [4.78, 5) is 16.8. The fourth-order valence-electron chi connectivity index (χ4n) is 3.21. The zero-order valence-corrected chi connectivity index (χ0v) is 13.8. The summed E-state index contributed by atoms with van der Waals surface area (Å²) < 4.78 is 3.47. The Hall–Kier alpha value is -2.93. The first-order valence-electron chi connectivity index (χ1n) is 8.21. The minimum absolute atomic E-state index is 0.166. The number of carbonyl (C=O) groups excluding carboxylic acids is 1. The standard InChI is InChI=1S/C18H19N5O2/c1-12-8-20-23(10-12)17-14(7-16(17)24)21-18(25)15-9-19-11-22(15)13-5-3-2-4-6-13/h2-6,8-11,14,16-17,24H,7H2,1H3,(H,21,25)/t14-,16+,17+/m0/s1. The number of carbonyl (C=O) groups is 1. The smallest absolute Gasteiger partial charge is 0.270 e. The zero-order valence-electron chi connectivity index (χ0n) is 13.8. The van der Waals surface area contributed by atoms with Crippen molar-refractivity contribution < 1.29 is 9.90 Å². The van der Waals surface area contributed by atoms with E-state index >= 15 is 0 Å². The quantitative estimate of drug-likeness (QED) is 0.755. The number of nitrogens with one attached hydrogen (secondary N) is 1. The van der Waals surface area contributed by atoms with Gasteiger partial charge in [0.05, 0.1) is 36.9 Å². The third-order valence-corrected chi connectivity index (χ3v) is 4.56. The number of rotatable bonds is 4. The van der Waals surface area contributed by atoms with Crippen molar-refractivity contribution in [3.8, 4) is 5.69 Å². The molecule has 25 heavy (non-hydrogen) atoms. The lowest BCUT2D eigenvalue weighted by Gasteiger charge is -2.41. The lowest BCUT2D eigenvalue weighted by molar-refractivity contribution is -0.00599. The number of benzene rings is 1. The van der Waals surface area contributed by atoms with E-state index in [1.807, 2.05) is 43.5 Å². The number of aromatic nitrogens is 4. The molecule has 0 bridgehead atoms. The summed E-state index contributed by atoms with van der Waals surface area (Å²) in [7, 11) is 0. The molecule has 0 saturated heterocycles. The molecule has 3 aromatic rings. The van der Waals surface area contributed by atoms with Crippen LogP contribution in [0.3, 0.4) is 0 Å². The molecule has 128 valence electrons. The fraction of sp³-hybridized carbons (Fsp3) is 0.278. The number of imidazole rings is 1. The third-order valence-electron chi connectivity index (χ3n) is 4.56. The zero-order chi connectivity index (χ0) is 17.4. The van der Waals surface area contributed by atoms with Gasteiger partial charge in [-0.25, -0.2) is 4.98 Å². The molecule has 2 heterocycles. The first kappa shape index (κ1) is 15.6. The van der Waals surface area contributed by atoms with Crippen LogP contribution in [0.1, 0.15) is 28.5 Å². The summed E-state index contributed by atoms with van der Waals surface area (Å²) in [6, 6.07) is 9.17. The molecule has 0 aliphatic heterocycles. The molecule has 1 fully saturated rings. The normalized spacial score (nSPS) is 22.4. The molecule has 4 rings (SSSR count). The van der Waals surface area contributed by atoms with Gasteiger partial charge in [0, 0.05) is 11.9 Å². The van der Waals surface area contributed by atoms with Crippen molar-refractivity contribution >= 4 is 5.91 Å². The van der Waals surface area contributed by atoms with Gasteiger partial charge in [-0.15, -0.1) is 0 Å². The average Bonchev–Trinajstić information content (AvgIpc) is 3.24. The van der Waals surface area contributed by atoms with Gasteiger partial charge in [0.1, 0.15) is 5.69 Å². The SMILES string of the molecule is Cc1cnn([C@H]2[C@H](O)C[C@@H]2NC(=O)c2cncn2-c2ccccc2)c1. The van der Waals surface area contributed by atoms with Crippen LogP contribution in [0.5, 0.6) is 0 Å². The van der Waals surface area contributed by atoms with Gasteiger partial charge < -0.3 is 10.4 Å². The molecular weight excluding hydrogens is 318 g/mol. The van der Waals surface area contributed by atoms with Gasteiger partial charge in [-0.3, -0.25) is 14.0 Å². The van der Waals surface area contributed by atoms with Crippen LogP contribution in [0.4, 0.5) is 0 Å². The van der Waals surface area contributed by atoms with Gasteiger partial charge in [0.15, 0.2) is 0 Å². The van der Waals surface area contributed by atoms with E-state index in [1.165, 1.54) is 0 Å². The fourth-order valence-corrected chi connectivity index (χ4v) is 3.21. The van der Waals surface area contributed by atoms with E-state index < -0.39 is 6.10 Å². The Balaban J connectivity index is 1.53. The maximum atomic E-state index is 12.7. The number of hydrogen-bond donors (Lipinski definition) is 2. The Morgan fingerprint density at radius 3 is 2.76 bits per heavy atom. The molecule has 1 amide bonds. The highest BCUT2D eigenvalue weighted by molar-refractivity contribution is 5.93. The molecule has 7 nitrogen and oxygen atoms in total. The number of aryl methyl sites for hydroxylation is 1. The van der Waals surface area contributed by atoms with Crippen molar-refractivity contribution in [3.05, 3.63) is 66.5 Å². The molecule has 0 radical (unpaired) electrons. The lowest BCUT2D eigenvalue weighted by atomic mass is 9.83. The van der Waals surface area contributed by atoms with Gasteiger partial charge in [0.25, 0.3) is 5.91 Å². The van der Waals surface area contributed by atoms with E-state index in [0.717, 1.165) is 11.3 Å². The van der Waals surface area contributed by atoms with Crippen LogP contribution < -0.4 is 5.32 Å². The number of amides is 1. The van der Waals surface area contributed by atoms with E-state index in [1.54, 1.807) is 28.0 Å². The summed E-state index contributed by atoms with van der Waals surface area (Å²) in [5, 5.41) is 17.3. The lowest BCUT2D eigenvalue weighted by Crippen LogP contribution is -2.56. The minimum atomic E-state index is -0.511. The van der Waals surface area contributed by atoms with Crippen LogP contribution in [0.15, 0.2) is 55.2 Å². The molecule has 2 N–H and O–H groups in total. The molecule has 1 aliphatic rings. The Kier molecular flexibility index (Phi) is 3.85. The van der Waals surface area contributed by atoms with Crippen molar-refractivity contribution in [1.82, 2.24) is 24.6 Å². The molecule has 3 atom stereocenters. The van der Waals surface area contributed by atoms with Gasteiger partial charge in [-0.2, -0.15) is 5.10 Å². The van der Waals surface area contributed by atoms with Crippen LogP contribution >= 0.6 is 0 Å². The number of aliphatic hydroxyl groups excluding tert-OH is 1. The molecule has 1 aromatic carbocycles. The Labute approximate surface area is 144 Å². The van der Waals surface area contributed by atoms with E-state index in [-0.39, 0.29) is 18.0 Å². The average molecular weight is 337 g/mol. The molecule has 1 saturated carbocycles. The Morgan fingerprint density at radius 1 is 1.28 bits per heavy atom. The maximum Gasteiger partial charge on any atom is 0.270 e. The molecule has 0 spiro atoms. The summed E-state index contributed by atoms with van der Waals surface area (Å²) in [6.07, 6.45) is 6.78. The van der Waals surface area contributed by atoms with Crippen LogP contribution in [0.25, 0.3) is 5.69 Å². The summed E-state index contributed by atoms with van der Waals surface area (Å²) in [6.45, 7) is 1.94. The topological polar surface area (TPSA) is 85.0 Å². The van der Waals surface area contributed by atoms with E-state index in [2.05, 4.69) is 15.4 Å². The number of aliphatic hydroxyl groups is 1. The van der Waals surface area contributed by atoms with Gasteiger partial charge in [-0.05, 0) is 31.0 Å². The first-order valence-corrected chi connectivity index (χ1v) is 8.21. The highest BCUT2D eigenvalue weighted by Gasteiger charge is 2.43. The van der Waals surface area contributed by atoms with Crippen molar-refractivity contribution in [1.29, 1.82) is 0 Å². The highest BCUT2D eigenvalue weighted by Crippen LogP contribution is 2.32. The highest BCUT2D eigenvalue weighted by atomic mass is 16.3. The predicted molar refractivity (Wildman–Crippen MR) is 91.4 cm³/mol. The largest absolute Gasteiger partial charge is 0.391 e. The van der Waals surface area contributed by atoms with Crippen molar-refractivity contribution in [2.45, 2.75) is 31.5 Å². The molecule has 7 heteroatoms.